The SMILES string of the molecule is CCOC(=O)c1ccn2nc(-c3ccc(Cl)cc3)c(-c3cc(CO)on3)c2c1. The van der Waals surface area contributed by atoms with Gasteiger partial charge >= 0.3 is 5.97 Å². The lowest BCUT2D eigenvalue weighted by atomic mass is 10.0. The molecular formula is C20H16ClN3O4. The molecule has 0 aliphatic rings. The lowest BCUT2D eigenvalue weighted by molar-refractivity contribution is 0.0526. The van der Waals surface area contributed by atoms with Crippen molar-refractivity contribution < 1.29 is 19.2 Å². The summed E-state index contributed by atoms with van der Waals surface area (Å²) in [6.45, 7) is 1.77. The number of nitrogens with zero attached hydrogens (tertiary/aromatic N) is 3. The summed E-state index contributed by atoms with van der Waals surface area (Å²) in [4.78, 5) is 12.2. The predicted octanol–water partition coefficient (Wildman–Crippen LogP) is 3.98. The first kappa shape index (κ1) is 18.2. The summed E-state index contributed by atoms with van der Waals surface area (Å²) in [6.07, 6.45) is 1.69. The Morgan fingerprint density at radius 2 is 2.04 bits per heavy atom. The number of aliphatic hydroxyl groups excluding tert-OH is 1. The van der Waals surface area contributed by atoms with Gasteiger partial charge in [-0.1, -0.05) is 28.9 Å². The van der Waals surface area contributed by atoms with Gasteiger partial charge in [-0.15, -0.1) is 0 Å². The van der Waals surface area contributed by atoms with Gasteiger partial charge in [0.15, 0.2) is 5.76 Å². The van der Waals surface area contributed by atoms with Crippen LogP contribution < -0.4 is 0 Å². The van der Waals surface area contributed by atoms with Gasteiger partial charge in [0, 0.05) is 22.8 Å². The van der Waals surface area contributed by atoms with Crippen molar-refractivity contribution in [2.45, 2.75) is 13.5 Å². The highest BCUT2D eigenvalue weighted by Gasteiger charge is 2.21. The van der Waals surface area contributed by atoms with Gasteiger partial charge in [-0.2, -0.15) is 5.10 Å². The second kappa shape index (κ2) is 7.46. The summed E-state index contributed by atoms with van der Waals surface area (Å²) in [7, 11) is 0. The molecule has 142 valence electrons. The first-order valence-corrected chi connectivity index (χ1v) is 9.00. The molecule has 0 radical (unpaired) electrons. The van der Waals surface area contributed by atoms with Gasteiger partial charge in [0.2, 0.25) is 0 Å². The highest BCUT2D eigenvalue weighted by molar-refractivity contribution is 6.30. The predicted molar refractivity (Wildman–Crippen MR) is 103 cm³/mol. The third-order valence-corrected chi connectivity index (χ3v) is 4.49. The molecule has 1 N–H and O–H groups in total. The van der Waals surface area contributed by atoms with Gasteiger partial charge in [0.25, 0.3) is 0 Å². The summed E-state index contributed by atoms with van der Waals surface area (Å²) in [6, 6.07) is 12.3. The quantitative estimate of drug-likeness (QED) is 0.512. The molecule has 7 nitrogen and oxygen atoms in total. The number of carbonyl (C=O) groups is 1. The molecule has 4 rings (SSSR count). The van der Waals surface area contributed by atoms with Crippen molar-refractivity contribution in [1.82, 2.24) is 14.8 Å². The molecular weight excluding hydrogens is 382 g/mol. The second-order valence-electron chi connectivity index (χ2n) is 6.03. The van der Waals surface area contributed by atoms with Crippen LogP contribution in [0.4, 0.5) is 0 Å². The standard InChI is InChI=1S/C20H16ClN3O4/c1-2-27-20(26)13-7-8-24-17(9-13)18(16-10-15(11-25)28-23-16)19(22-24)12-3-5-14(21)6-4-12/h3-10,25H,2,11H2,1H3. The lowest BCUT2D eigenvalue weighted by Gasteiger charge is -2.03. The molecule has 3 aromatic heterocycles. The minimum Gasteiger partial charge on any atom is -0.462 e. The Hall–Kier alpha value is -3.16. The number of carbonyl (C=O) groups excluding carboxylic acids is 1. The van der Waals surface area contributed by atoms with Crippen LogP contribution >= 0.6 is 11.6 Å². The molecule has 0 fully saturated rings. The van der Waals surface area contributed by atoms with E-state index in [0.29, 0.717) is 38.8 Å². The van der Waals surface area contributed by atoms with E-state index in [9.17, 15) is 9.90 Å². The van der Waals surface area contributed by atoms with Crippen LogP contribution in [0.25, 0.3) is 28.0 Å². The van der Waals surface area contributed by atoms with Gasteiger partial charge in [0.1, 0.15) is 18.0 Å². The average molecular weight is 398 g/mol. The van der Waals surface area contributed by atoms with Crippen molar-refractivity contribution in [1.29, 1.82) is 0 Å². The highest BCUT2D eigenvalue weighted by Crippen LogP contribution is 2.35. The molecule has 0 unspecified atom stereocenters. The smallest absolute Gasteiger partial charge is 0.338 e. The van der Waals surface area contributed by atoms with Gasteiger partial charge in [-0.3, -0.25) is 0 Å². The summed E-state index contributed by atoms with van der Waals surface area (Å²) < 4.78 is 11.9. The van der Waals surface area contributed by atoms with Crippen LogP contribution in [0, 0.1) is 0 Å². The molecule has 4 aromatic rings. The average Bonchev–Trinajstić information content (AvgIpc) is 3.32. The van der Waals surface area contributed by atoms with Crippen molar-refractivity contribution in [2.75, 3.05) is 6.61 Å². The fourth-order valence-electron chi connectivity index (χ4n) is 2.95. The maximum Gasteiger partial charge on any atom is 0.338 e. The van der Waals surface area contributed by atoms with E-state index >= 15 is 0 Å². The van der Waals surface area contributed by atoms with Crippen LogP contribution in [0.5, 0.6) is 0 Å². The summed E-state index contributed by atoms with van der Waals surface area (Å²) in [5.74, 6) is -0.0839. The van der Waals surface area contributed by atoms with E-state index in [4.69, 9.17) is 20.9 Å². The van der Waals surface area contributed by atoms with E-state index in [0.717, 1.165) is 5.56 Å². The molecule has 28 heavy (non-hydrogen) atoms. The number of fused-ring (bicyclic) bond motifs is 1. The number of pyridine rings is 1. The third-order valence-electron chi connectivity index (χ3n) is 4.23. The zero-order chi connectivity index (χ0) is 19.7. The van der Waals surface area contributed by atoms with Crippen molar-refractivity contribution in [3.8, 4) is 22.5 Å². The Morgan fingerprint density at radius 1 is 1.25 bits per heavy atom. The van der Waals surface area contributed by atoms with E-state index < -0.39 is 5.97 Å². The van der Waals surface area contributed by atoms with E-state index in [1.54, 1.807) is 48.0 Å². The zero-order valence-corrected chi connectivity index (χ0v) is 15.7. The molecule has 0 saturated carbocycles. The number of esters is 1. The molecule has 0 aliphatic heterocycles. The molecule has 0 spiro atoms. The maximum atomic E-state index is 12.2. The second-order valence-corrected chi connectivity index (χ2v) is 6.47. The topological polar surface area (TPSA) is 89.9 Å². The minimum absolute atomic E-state index is 0.267. The molecule has 0 saturated heterocycles. The lowest BCUT2D eigenvalue weighted by Crippen LogP contribution is -2.05. The number of ether oxygens (including phenoxy) is 1. The van der Waals surface area contributed by atoms with E-state index in [2.05, 4.69) is 10.3 Å². The zero-order valence-electron chi connectivity index (χ0n) is 14.9. The number of aromatic nitrogens is 3. The normalized spacial score (nSPS) is 11.1. The van der Waals surface area contributed by atoms with Gasteiger partial charge in [0.05, 0.1) is 23.3 Å². The van der Waals surface area contributed by atoms with Gasteiger partial charge in [-0.25, -0.2) is 9.31 Å². The Kier molecular flexibility index (Phi) is 4.85. The number of hydrogen-bond acceptors (Lipinski definition) is 6. The summed E-state index contributed by atoms with van der Waals surface area (Å²) in [5.41, 5.74) is 3.73. The molecule has 0 amide bonds. The summed E-state index contributed by atoms with van der Waals surface area (Å²) in [5, 5.41) is 18.6. The van der Waals surface area contributed by atoms with Crippen LogP contribution in [0.15, 0.2) is 53.2 Å². The Bertz CT molecular complexity index is 1150. The van der Waals surface area contributed by atoms with E-state index in [1.807, 2.05) is 12.1 Å². The molecule has 8 heteroatoms. The van der Waals surface area contributed by atoms with Crippen LogP contribution in [0.2, 0.25) is 5.02 Å². The monoisotopic (exact) mass is 397 g/mol. The minimum atomic E-state index is -0.415. The van der Waals surface area contributed by atoms with Crippen LogP contribution in [-0.2, 0) is 11.3 Å². The van der Waals surface area contributed by atoms with E-state index in [-0.39, 0.29) is 13.2 Å². The number of halogens is 1. The molecule has 3 heterocycles. The highest BCUT2D eigenvalue weighted by atomic mass is 35.5. The Morgan fingerprint density at radius 3 is 2.71 bits per heavy atom. The molecule has 0 bridgehead atoms. The Labute approximate surface area is 165 Å². The molecule has 0 aliphatic carbocycles. The largest absolute Gasteiger partial charge is 0.462 e. The Balaban J connectivity index is 1.96. The van der Waals surface area contributed by atoms with Crippen molar-refractivity contribution >= 4 is 23.1 Å². The molecule has 1 aromatic carbocycles. The third kappa shape index (κ3) is 3.26. The van der Waals surface area contributed by atoms with Crippen molar-refractivity contribution in [3.05, 3.63) is 65.0 Å². The van der Waals surface area contributed by atoms with Crippen LogP contribution in [-0.4, -0.2) is 32.5 Å². The first-order valence-electron chi connectivity index (χ1n) is 8.63. The van der Waals surface area contributed by atoms with Gasteiger partial charge < -0.3 is 14.4 Å². The van der Waals surface area contributed by atoms with Crippen LogP contribution in [0.3, 0.4) is 0 Å². The van der Waals surface area contributed by atoms with Gasteiger partial charge in [-0.05, 0) is 31.2 Å². The van der Waals surface area contributed by atoms with Crippen molar-refractivity contribution in [3.63, 3.8) is 0 Å². The fraction of sp³-hybridized carbons (Fsp3) is 0.150. The number of rotatable bonds is 5. The maximum absolute atomic E-state index is 12.2. The fourth-order valence-corrected chi connectivity index (χ4v) is 3.08. The molecule has 0 atom stereocenters. The number of aliphatic hydroxyl groups is 1. The van der Waals surface area contributed by atoms with E-state index in [1.165, 1.54) is 0 Å². The number of hydrogen-bond donors (Lipinski definition) is 1. The first-order chi connectivity index (χ1) is 13.6. The summed E-state index contributed by atoms with van der Waals surface area (Å²) >= 11 is 6.01. The number of benzene rings is 1. The van der Waals surface area contributed by atoms with Crippen LogP contribution in [0.1, 0.15) is 23.0 Å². The van der Waals surface area contributed by atoms with Crippen molar-refractivity contribution in [2.24, 2.45) is 0 Å².